The van der Waals surface area contributed by atoms with Crippen LogP contribution in [-0.4, -0.2) is 31.5 Å². The van der Waals surface area contributed by atoms with E-state index in [9.17, 15) is 4.79 Å². The van der Waals surface area contributed by atoms with E-state index < -0.39 is 0 Å². The summed E-state index contributed by atoms with van der Waals surface area (Å²) in [5.74, 6) is -0.190. The van der Waals surface area contributed by atoms with Gasteiger partial charge < -0.3 is 5.32 Å². The zero-order chi connectivity index (χ0) is 16.1. The van der Waals surface area contributed by atoms with Crippen LogP contribution in [0.25, 0.3) is 0 Å². The molecule has 22 heavy (non-hydrogen) atoms. The number of aryl methyl sites for hydroxylation is 2. The van der Waals surface area contributed by atoms with Crippen molar-refractivity contribution in [1.82, 2.24) is 24.9 Å². The van der Waals surface area contributed by atoms with E-state index in [1.54, 1.807) is 22.5 Å². The van der Waals surface area contributed by atoms with Crippen LogP contribution in [0, 0.1) is 6.92 Å². The van der Waals surface area contributed by atoms with Crippen molar-refractivity contribution in [2.75, 3.05) is 0 Å². The number of carbonyl (C=O) groups is 1. The van der Waals surface area contributed by atoms with Crippen LogP contribution in [0.3, 0.4) is 0 Å². The number of carbonyl (C=O) groups excluding carboxylic acids is 1. The van der Waals surface area contributed by atoms with Crippen LogP contribution in [0.1, 0.15) is 42.7 Å². The molecule has 2 heterocycles. The van der Waals surface area contributed by atoms with Gasteiger partial charge >= 0.3 is 0 Å². The summed E-state index contributed by atoms with van der Waals surface area (Å²) in [6.07, 6.45) is 5.62. The Hall–Kier alpha value is -1.82. The maximum atomic E-state index is 12.4. The lowest BCUT2D eigenvalue weighted by atomic mass is 10.2. The molecule has 2 rings (SSSR count). The molecular weight excluding hydrogens is 302 g/mol. The smallest absolute Gasteiger partial charge is 0.256 e. The molecule has 0 unspecified atom stereocenters. The first-order valence-electron chi connectivity index (χ1n) is 7.54. The molecule has 0 aliphatic rings. The van der Waals surface area contributed by atoms with E-state index >= 15 is 0 Å². The fourth-order valence-corrected chi connectivity index (χ4v) is 2.64. The second-order valence-corrected chi connectivity index (χ2v) is 5.79. The van der Waals surface area contributed by atoms with Gasteiger partial charge in [0.1, 0.15) is 5.15 Å². The predicted molar refractivity (Wildman–Crippen MR) is 86.0 cm³/mol. The van der Waals surface area contributed by atoms with Gasteiger partial charge in [-0.05, 0) is 26.3 Å². The minimum atomic E-state index is -0.190. The van der Waals surface area contributed by atoms with Gasteiger partial charge in [-0.3, -0.25) is 14.2 Å². The second kappa shape index (κ2) is 7.45. The summed E-state index contributed by atoms with van der Waals surface area (Å²) in [5, 5.41) is 11.8. The standard InChI is InChI=1S/C15H22ClN5O/c1-4-5-9-21-14(16)13(12(3)19-21)15(22)18-11(2)10-20-8-6-7-17-20/h6-8,11H,4-5,9-10H2,1-3H3,(H,18,22)/t11-/m1/s1. The van der Waals surface area contributed by atoms with Crippen LogP contribution in [0.15, 0.2) is 18.5 Å². The highest BCUT2D eigenvalue weighted by Gasteiger charge is 2.21. The Morgan fingerprint density at radius 3 is 2.91 bits per heavy atom. The van der Waals surface area contributed by atoms with Crippen molar-refractivity contribution in [3.05, 3.63) is 34.9 Å². The lowest BCUT2D eigenvalue weighted by Crippen LogP contribution is -2.36. The van der Waals surface area contributed by atoms with E-state index in [-0.39, 0.29) is 11.9 Å². The first-order valence-corrected chi connectivity index (χ1v) is 7.92. The average Bonchev–Trinajstić information content (AvgIpc) is 3.04. The molecule has 0 bridgehead atoms. The molecule has 6 nitrogen and oxygen atoms in total. The Morgan fingerprint density at radius 1 is 1.50 bits per heavy atom. The minimum Gasteiger partial charge on any atom is -0.348 e. The normalized spacial score (nSPS) is 12.4. The molecule has 0 aliphatic carbocycles. The van der Waals surface area contributed by atoms with Crippen LogP contribution >= 0.6 is 11.6 Å². The van der Waals surface area contributed by atoms with Crippen molar-refractivity contribution in [2.24, 2.45) is 0 Å². The highest BCUT2D eigenvalue weighted by Crippen LogP contribution is 2.20. The molecule has 1 N–H and O–H groups in total. The fraction of sp³-hybridized carbons (Fsp3) is 0.533. The molecule has 2 aromatic heterocycles. The summed E-state index contributed by atoms with van der Waals surface area (Å²) in [6, 6.07) is 1.80. The van der Waals surface area contributed by atoms with E-state index in [1.165, 1.54) is 0 Å². The van der Waals surface area contributed by atoms with Crippen molar-refractivity contribution in [1.29, 1.82) is 0 Å². The van der Waals surface area contributed by atoms with Gasteiger partial charge in [-0.25, -0.2) is 0 Å². The van der Waals surface area contributed by atoms with Gasteiger partial charge in [0.25, 0.3) is 5.91 Å². The summed E-state index contributed by atoms with van der Waals surface area (Å²) in [7, 11) is 0. The quantitative estimate of drug-likeness (QED) is 0.852. The van der Waals surface area contributed by atoms with Crippen molar-refractivity contribution >= 4 is 17.5 Å². The number of hydrogen-bond donors (Lipinski definition) is 1. The predicted octanol–water partition coefficient (Wildman–Crippen LogP) is 2.66. The molecule has 0 aliphatic heterocycles. The van der Waals surface area contributed by atoms with Crippen LogP contribution < -0.4 is 5.32 Å². The maximum absolute atomic E-state index is 12.4. The van der Waals surface area contributed by atoms with Crippen molar-refractivity contribution in [3.8, 4) is 0 Å². The SMILES string of the molecule is CCCCn1nc(C)c(C(=O)N[C@H](C)Cn2cccn2)c1Cl. The zero-order valence-corrected chi connectivity index (χ0v) is 14.0. The summed E-state index contributed by atoms with van der Waals surface area (Å²) in [5.41, 5.74) is 1.12. The Kier molecular flexibility index (Phi) is 5.60. The monoisotopic (exact) mass is 323 g/mol. The third-order valence-corrected chi connectivity index (χ3v) is 3.80. The van der Waals surface area contributed by atoms with Crippen molar-refractivity contribution < 1.29 is 4.79 Å². The number of nitrogens with one attached hydrogen (secondary N) is 1. The van der Waals surface area contributed by atoms with Gasteiger partial charge in [-0.15, -0.1) is 0 Å². The van der Waals surface area contributed by atoms with E-state index in [0.717, 1.165) is 19.4 Å². The lowest BCUT2D eigenvalue weighted by Gasteiger charge is -2.14. The van der Waals surface area contributed by atoms with Crippen LogP contribution in [-0.2, 0) is 13.1 Å². The number of unbranched alkanes of at least 4 members (excludes halogenated alkanes) is 1. The maximum Gasteiger partial charge on any atom is 0.256 e. The molecule has 0 fully saturated rings. The number of aromatic nitrogens is 4. The Balaban J connectivity index is 2.04. The third kappa shape index (κ3) is 3.88. The molecule has 7 heteroatoms. The summed E-state index contributed by atoms with van der Waals surface area (Å²) in [6.45, 7) is 7.19. The van der Waals surface area contributed by atoms with Gasteiger partial charge in [-0.1, -0.05) is 24.9 Å². The molecule has 2 aromatic rings. The molecule has 0 spiro atoms. The van der Waals surface area contributed by atoms with Crippen molar-refractivity contribution in [3.63, 3.8) is 0 Å². The van der Waals surface area contributed by atoms with Crippen LogP contribution in [0.4, 0.5) is 0 Å². The fourth-order valence-electron chi connectivity index (χ4n) is 2.30. The number of hydrogen-bond acceptors (Lipinski definition) is 3. The Labute approximate surface area is 135 Å². The minimum absolute atomic E-state index is 0.0538. The van der Waals surface area contributed by atoms with Gasteiger partial charge in [0.2, 0.25) is 0 Å². The molecule has 0 aromatic carbocycles. The molecule has 0 radical (unpaired) electrons. The number of nitrogens with zero attached hydrogens (tertiary/aromatic N) is 4. The number of amides is 1. The summed E-state index contributed by atoms with van der Waals surface area (Å²) in [4.78, 5) is 12.4. The zero-order valence-electron chi connectivity index (χ0n) is 13.2. The summed E-state index contributed by atoms with van der Waals surface area (Å²) >= 11 is 6.31. The van der Waals surface area contributed by atoms with Gasteiger partial charge in [0, 0.05) is 25.0 Å². The molecule has 0 saturated carbocycles. The second-order valence-electron chi connectivity index (χ2n) is 5.43. The largest absolute Gasteiger partial charge is 0.348 e. The van der Waals surface area contributed by atoms with Gasteiger partial charge in [0.15, 0.2) is 0 Å². The molecule has 1 atom stereocenters. The van der Waals surface area contributed by atoms with E-state index in [2.05, 4.69) is 22.4 Å². The Bertz CT molecular complexity index is 620. The highest BCUT2D eigenvalue weighted by atomic mass is 35.5. The van der Waals surface area contributed by atoms with E-state index in [4.69, 9.17) is 11.6 Å². The number of rotatable bonds is 7. The highest BCUT2D eigenvalue weighted by molar-refractivity contribution is 6.33. The molecule has 120 valence electrons. The molecule has 1 amide bonds. The van der Waals surface area contributed by atoms with Crippen LogP contribution in [0.5, 0.6) is 0 Å². The third-order valence-electron chi connectivity index (χ3n) is 3.41. The van der Waals surface area contributed by atoms with Crippen LogP contribution in [0.2, 0.25) is 5.15 Å². The van der Waals surface area contributed by atoms with E-state index in [1.807, 2.05) is 19.2 Å². The Morgan fingerprint density at radius 2 is 2.27 bits per heavy atom. The lowest BCUT2D eigenvalue weighted by molar-refractivity contribution is 0.0935. The molecular formula is C15H22ClN5O. The van der Waals surface area contributed by atoms with E-state index in [0.29, 0.717) is 23.0 Å². The average molecular weight is 324 g/mol. The van der Waals surface area contributed by atoms with Gasteiger partial charge in [-0.2, -0.15) is 10.2 Å². The topological polar surface area (TPSA) is 64.7 Å². The number of halogens is 1. The first kappa shape index (κ1) is 16.5. The van der Waals surface area contributed by atoms with Gasteiger partial charge in [0.05, 0.1) is 17.8 Å². The first-order chi connectivity index (χ1) is 10.5. The summed E-state index contributed by atoms with van der Waals surface area (Å²) < 4.78 is 3.48. The molecule has 0 saturated heterocycles. The van der Waals surface area contributed by atoms with Crippen molar-refractivity contribution in [2.45, 2.75) is 52.7 Å².